The second-order valence-corrected chi connectivity index (χ2v) is 7.05. The summed E-state index contributed by atoms with van der Waals surface area (Å²) in [6.45, 7) is 2.55. The number of unbranched alkanes of at least 4 members (excludes halogenated alkanes) is 1. The average Bonchev–Trinajstić information content (AvgIpc) is 3.24. The van der Waals surface area contributed by atoms with Crippen LogP contribution in [0.5, 0.6) is 0 Å². The van der Waals surface area contributed by atoms with E-state index in [9.17, 15) is 12.8 Å². The zero-order valence-corrected chi connectivity index (χ0v) is 12.5. The summed E-state index contributed by atoms with van der Waals surface area (Å²) >= 11 is 0. The third-order valence-electron chi connectivity index (χ3n) is 3.53. The molecule has 0 atom stereocenters. The van der Waals surface area contributed by atoms with E-state index in [0.29, 0.717) is 6.54 Å². The second kappa shape index (κ2) is 6.20. The van der Waals surface area contributed by atoms with E-state index in [1.165, 1.54) is 18.2 Å². The Labute approximate surface area is 119 Å². The lowest BCUT2D eigenvalue weighted by molar-refractivity contribution is 0.395. The summed E-state index contributed by atoms with van der Waals surface area (Å²) in [5.74, 6) is -0.460. The van der Waals surface area contributed by atoms with Gasteiger partial charge in [-0.25, -0.2) is 12.8 Å². The third-order valence-corrected chi connectivity index (χ3v) is 5.48. The molecule has 2 rings (SSSR count). The van der Waals surface area contributed by atoms with Crippen LogP contribution in [0.25, 0.3) is 0 Å². The van der Waals surface area contributed by atoms with Gasteiger partial charge in [0.25, 0.3) is 0 Å². The highest BCUT2D eigenvalue weighted by atomic mass is 32.2. The van der Waals surface area contributed by atoms with E-state index in [4.69, 9.17) is 5.73 Å². The molecule has 6 heteroatoms. The first-order valence-electron chi connectivity index (χ1n) is 7.01. The van der Waals surface area contributed by atoms with Crippen LogP contribution < -0.4 is 5.73 Å². The maximum absolute atomic E-state index is 13.4. The molecule has 1 saturated carbocycles. The number of hydrogen-bond acceptors (Lipinski definition) is 3. The zero-order valence-electron chi connectivity index (χ0n) is 11.7. The van der Waals surface area contributed by atoms with Crippen LogP contribution >= 0.6 is 0 Å². The van der Waals surface area contributed by atoms with Crippen LogP contribution in [0.15, 0.2) is 23.1 Å². The molecule has 0 bridgehead atoms. The van der Waals surface area contributed by atoms with E-state index in [2.05, 4.69) is 0 Å². The Balaban J connectivity index is 2.32. The standard InChI is InChI=1S/C14H21FN2O2S/c1-2-3-8-17(12-4-5-12)20(18,19)13-6-7-14(15)11(9-13)10-16/h6-7,9,12H,2-5,8,10,16H2,1H3. The van der Waals surface area contributed by atoms with Gasteiger partial charge in [-0.3, -0.25) is 0 Å². The maximum Gasteiger partial charge on any atom is 0.243 e. The molecule has 1 aromatic carbocycles. The van der Waals surface area contributed by atoms with E-state index < -0.39 is 15.8 Å². The van der Waals surface area contributed by atoms with Gasteiger partial charge in [-0.1, -0.05) is 13.3 Å². The highest BCUT2D eigenvalue weighted by Crippen LogP contribution is 2.32. The van der Waals surface area contributed by atoms with Gasteiger partial charge in [0.15, 0.2) is 0 Å². The van der Waals surface area contributed by atoms with Crippen molar-refractivity contribution in [3.8, 4) is 0 Å². The van der Waals surface area contributed by atoms with E-state index in [1.54, 1.807) is 4.31 Å². The van der Waals surface area contributed by atoms with Crippen molar-refractivity contribution in [3.63, 3.8) is 0 Å². The molecule has 0 amide bonds. The minimum Gasteiger partial charge on any atom is -0.326 e. The normalized spacial score (nSPS) is 15.8. The quantitative estimate of drug-likeness (QED) is 0.840. The lowest BCUT2D eigenvalue weighted by Gasteiger charge is -2.22. The lowest BCUT2D eigenvalue weighted by Crippen LogP contribution is -2.34. The molecule has 1 aliphatic carbocycles. The molecule has 0 radical (unpaired) electrons. The van der Waals surface area contributed by atoms with E-state index in [0.717, 1.165) is 25.7 Å². The molecule has 0 saturated heterocycles. The van der Waals surface area contributed by atoms with Crippen LogP contribution in [0.3, 0.4) is 0 Å². The Bertz CT molecular complexity index is 571. The first-order valence-corrected chi connectivity index (χ1v) is 8.45. The number of hydrogen-bond donors (Lipinski definition) is 1. The summed E-state index contributed by atoms with van der Waals surface area (Å²) < 4.78 is 40.3. The molecule has 0 aromatic heterocycles. The molecule has 1 fully saturated rings. The van der Waals surface area contributed by atoms with Crippen LogP contribution in [0.1, 0.15) is 38.2 Å². The summed E-state index contributed by atoms with van der Waals surface area (Å²) in [4.78, 5) is 0.141. The van der Waals surface area contributed by atoms with Crippen LogP contribution in [0, 0.1) is 5.82 Å². The van der Waals surface area contributed by atoms with E-state index in [1.807, 2.05) is 6.92 Å². The number of nitrogens with zero attached hydrogens (tertiary/aromatic N) is 1. The van der Waals surface area contributed by atoms with Crippen LogP contribution in [-0.2, 0) is 16.6 Å². The summed E-state index contributed by atoms with van der Waals surface area (Å²) in [5, 5.41) is 0. The Kier molecular flexibility index (Phi) is 4.78. The molecule has 1 aliphatic rings. The Morgan fingerprint density at radius 2 is 2.10 bits per heavy atom. The van der Waals surface area contributed by atoms with E-state index in [-0.39, 0.29) is 23.0 Å². The maximum atomic E-state index is 13.4. The van der Waals surface area contributed by atoms with Gasteiger partial charge < -0.3 is 5.73 Å². The van der Waals surface area contributed by atoms with Crippen LogP contribution in [-0.4, -0.2) is 25.3 Å². The van der Waals surface area contributed by atoms with Gasteiger partial charge in [0.1, 0.15) is 5.82 Å². The fourth-order valence-corrected chi connectivity index (χ4v) is 3.95. The number of rotatable bonds is 7. The van der Waals surface area contributed by atoms with Crippen molar-refractivity contribution < 1.29 is 12.8 Å². The van der Waals surface area contributed by atoms with Crippen molar-refractivity contribution in [3.05, 3.63) is 29.6 Å². The van der Waals surface area contributed by atoms with Gasteiger partial charge >= 0.3 is 0 Å². The summed E-state index contributed by atoms with van der Waals surface area (Å²) in [5.41, 5.74) is 5.68. The van der Waals surface area contributed by atoms with Gasteiger partial charge in [-0.05, 0) is 37.5 Å². The lowest BCUT2D eigenvalue weighted by atomic mass is 10.2. The number of nitrogens with two attached hydrogens (primary N) is 1. The van der Waals surface area contributed by atoms with Gasteiger partial charge in [0.05, 0.1) is 4.90 Å². The van der Waals surface area contributed by atoms with Crippen LogP contribution in [0.2, 0.25) is 0 Å². The molecule has 20 heavy (non-hydrogen) atoms. The minimum absolute atomic E-state index is 0.00637. The predicted molar refractivity (Wildman–Crippen MR) is 76.1 cm³/mol. The molecule has 0 unspecified atom stereocenters. The predicted octanol–water partition coefficient (Wildman–Crippen LogP) is 2.24. The molecule has 0 aliphatic heterocycles. The monoisotopic (exact) mass is 300 g/mol. The van der Waals surface area contributed by atoms with Crippen molar-refractivity contribution >= 4 is 10.0 Å². The number of halogens is 1. The van der Waals surface area contributed by atoms with Gasteiger partial charge in [0.2, 0.25) is 10.0 Å². The number of sulfonamides is 1. The molecule has 4 nitrogen and oxygen atoms in total. The SMILES string of the molecule is CCCCN(C1CC1)S(=O)(=O)c1ccc(F)c(CN)c1. The minimum atomic E-state index is -3.55. The number of benzene rings is 1. The summed E-state index contributed by atoms with van der Waals surface area (Å²) in [7, 11) is -3.55. The molecule has 1 aromatic rings. The molecule has 0 heterocycles. The molecular formula is C14H21FN2O2S. The summed E-state index contributed by atoms with van der Waals surface area (Å²) in [6.07, 6.45) is 3.60. The fraction of sp³-hybridized carbons (Fsp3) is 0.571. The molecule has 0 spiro atoms. The Morgan fingerprint density at radius 1 is 1.40 bits per heavy atom. The first kappa shape index (κ1) is 15.4. The summed E-state index contributed by atoms with van der Waals surface area (Å²) in [6, 6.07) is 3.97. The van der Waals surface area contributed by atoms with Gasteiger partial charge in [-0.2, -0.15) is 4.31 Å². The highest BCUT2D eigenvalue weighted by molar-refractivity contribution is 7.89. The van der Waals surface area contributed by atoms with Crippen LogP contribution in [0.4, 0.5) is 4.39 Å². The Morgan fingerprint density at radius 3 is 2.65 bits per heavy atom. The van der Waals surface area contributed by atoms with Gasteiger partial charge in [-0.15, -0.1) is 0 Å². The molecular weight excluding hydrogens is 279 g/mol. The Hall–Kier alpha value is -0.980. The fourth-order valence-electron chi connectivity index (χ4n) is 2.18. The van der Waals surface area contributed by atoms with Crippen molar-refractivity contribution in [2.45, 2.75) is 50.1 Å². The largest absolute Gasteiger partial charge is 0.326 e. The topological polar surface area (TPSA) is 63.4 Å². The highest BCUT2D eigenvalue weighted by Gasteiger charge is 2.37. The zero-order chi connectivity index (χ0) is 14.8. The van der Waals surface area contributed by atoms with Crippen molar-refractivity contribution in [2.75, 3.05) is 6.54 Å². The second-order valence-electron chi connectivity index (χ2n) is 5.16. The van der Waals surface area contributed by atoms with Crippen molar-refractivity contribution in [1.82, 2.24) is 4.31 Å². The average molecular weight is 300 g/mol. The van der Waals surface area contributed by atoms with Gasteiger partial charge in [0, 0.05) is 24.7 Å². The molecule has 2 N–H and O–H groups in total. The first-order chi connectivity index (χ1) is 9.50. The molecule has 112 valence electrons. The smallest absolute Gasteiger partial charge is 0.243 e. The van der Waals surface area contributed by atoms with Crippen molar-refractivity contribution in [2.24, 2.45) is 5.73 Å². The van der Waals surface area contributed by atoms with E-state index >= 15 is 0 Å². The third kappa shape index (κ3) is 3.19. The van der Waals surface area contributed by atoms with Crippen molar-refractivity contribution in [1.29, 1.82) is 0 Å².